The first-order valence-corrected chi connectivity index (χ1v) is 7.20. The molecular formula is C14H25N5. The first-order chi connectivity index (χ1) is 9.08. The molecule has 5 heteroatoms. The summed E-state index contributed by atoms with van der Waals surface area (Å²) in [5.74, 6) is 8.00. The smallest absolute Gasteiger partial charge is 0.148 e. The van der Waals surface area contributed by atoms with E-state index < -0.39 is 0 Å². The number of hydrogen-bond acceptors (Lipinski definition) is 5. The highest BCUT2D eigenvalue weighted by atomic mass is 15.3. The Morgan fingerprint density at radius 3 is 2.37 bits per heavy atom. The van der Waals surface area contributed by atoms with Crippen LogP contribution < -0.4 is 16.6 Å². The van der Waals surface area contributed by atoms with E-state index in [1.165, 1.54) is 32.1 Å². The van der Waals surface area contributed by atoms with Crippen LogP contribution in [-0.2, 0) is 6.42 Å². The van der Waals surface area contributed by atoms with Crippen molar-refractivity contribution in [2.45, 2.75) is 64.8 Å². The summed E-state index contributed by atoms with van der Waals surface area (Å²) in [6, 6.07) is 0. The minimum absolute atomic E-state index is 0.147. The summed E-state index contributed by atoms with van der Waals surface area (Å²) >= 11 is 0. The number of anilines is 2. The first-order valence-electron chi connectivity index (χ1n) is 7.20. The van der Waals surface area contributed by atoms with E-state index in [2.05, 4.69) is 34.6 Å². The van der Waals surface area contributed by atoms with Crippen molar-refractivity contribution < 1.29 is 0 Å². The number of nitrogens with two attached hydrogens (primary N) is 1. The highest BCUT2D eigenvalue weighted by Gasteiger charge is 2.27. The molecule has 0 aliphatic heterocycles. The predicted molar refractivity (Wildman–Crippen MR) is 79.1 cm³/mol. The number of rotatable bonds is 4. The van der Waals surface area contributed by atoms with Crippen LogP contribution in [0.15, 0.2) is 0 Å². The maximum Gasteiger partial charge on any atom is 0.148 e. The molecule has 0 radical (unpaired) electrons. The van der Waals surface area contributed by atoms with Crippen molar-refractivity contribution in [3.63, 3.8) is 0 Å². The van der Waals surface area contributed by atoms with Gasteiger partial charge in [0.15, 0.2) is 0 Å². The molecule has 1 aliphatic rings. The summed E-state index contributed by atoms with van der Waals surface area (Å²) in [5, 5.41) is 3.63. The first kappa shape index (κ1) is 14.1. The largest absolute Gasteiger partial charge is 0.365 e. The standard InChI is InChI=1S/C14H25N5/c1-4-11-16-12(10(2)13(17-11)19-15)18-14(3)8-6-5-7-9-14/h4-9,15H2,1-3H3,(H2,16,17,18,19). The van der Waals surface area contributed by atoms with E-state index in [4.69, 9.17) is 5.84 Å². The third-order valence-electron chi connectivity index (χ3n) is 4.02. The van der Waals surface area contributed by atoms with Crippen molar-refractivity contribution in [2.24, 2.45) is 5.84 Å². The minimum atomic E-state index is 0.147. The van der Waals surface area contributed by atoms with Gasteiger partial charge in [-0.25, -0.2) is 15.8 Å². The summed E-state index contributed by atoms with van der Waals surface area (Å²) in [5.41, 5.74) is 3.81. The number of aryl methyl sites for hydroxylation is 1. The summed E-state index contributed by atoms with van der Waals surface area (Å²) in [7, 11) is 0. The molecule has 19 heavy (non-hydrogen) atoms. The van der Waals surface area contributed by atoms with Crippen LogP contribution in [-0.4, -0.2) is 15.5 Å². The van der Waals surface area contributed by atoms with Gasteiger partial charge in [0.1, 0.15) is 17.5 Å². The highest BCUT2D eigenvalue weighted by Crippen LogP contribution is 2.32. The van der Waals surface area contributed by atoms with Crippen LogP contribution in [0.1, 0.15) is 57.3 Å². The van der Waals surface area contributed by atoms with Crippen molar-refractivity contribution >= 4 is 11.6 Å². The maximum atomic E-state index is 5.54. The van der Waals surface area contributed by atoms with E-state index in [-0.39, 0.29) is 5.54 Å². The quantitative estimate of drug-likeness (QED) is 0.575. The van der Waals surface area contributed by atoms with Gasteiger partial charge in [0.05, 0.1) is 0 Å². The lowest BCUT2D eigenvalue weighted by Crippen LogP contribution is -2.37. The Labute approximate surface area is 115 Å². The van der Waals surface area contributed by atoms with Crippen molar-refractivity contribution in [1.29, 1.82) is 0 Å². The topological polar surface area (TPSA) is 75.9 Å². The van der Waals surface area contributed by atoms with Crippen LogP contribution >= 0.6 is 0 Å². The monoisotopic (exact) mass is 263 g/mol. The fraction of sp³-hybridized carbons (Fsp3) is 0.714. The Morgan fingerprint density at radius 2 is 1.79 bits per heavy atom. The molecular weight excluding hydrogens is 238 g/mol. The van der Waals surface area contributed by atoms with Crippen LogP contribution in [0.4, 0.5) is 11.6 Å². The molecule has 1 aromatic rings. The maximum absolute atomic E-state index is 5.54. The molecule has 1 fully saturated rings. The summed E-state index contributed by atoms with van der Waals surface area (Å²) < 4.78 is 0. The third-order valence-corrected chi connectivity index (χ3v) is 4.02. The zero-order chi connectivity index (χ0) is 13.9. The normalized spacial score (nSPS) is 18.1. The van der Waals surface area contributed by atoms with Gasteiger partial charge < -0.3 is 10.7 Å². The van der Waals surface area contributed by atoms with Gasteiger partial charge in [-0.2, -0.15) is 0 Å². The number of nitrogens with one attached hydrogen (secondary N) is 2. The molecule has 5 nitrogen and oxygen atoms in total. The molecule has 106 valence electrons. The molecule has 1 heterocycles. The Morgan fingerprint density at radius 1 is 1.16 bits per heavy atom. The number of hydrazine groups is 1. The minimum Gasteiger partial charge on any atom is -0.365 e. The predicted octanol–water partition coefficient (Wildman–Crippen LogP) is 2.77. The summed E-state index contributed by atoms with van der Waals surface area (Å²) in [6.45, 7) is 6.34. The number of nitrogen functional groups attached to an aromatic ring is 1. The van der Waals surface area contributed by atoms with Gasteiger partial charge in [-0.3, -0.25) is 0 Å². The van der Waals surface area contributed by atoms with Crippen LogP contribution in [0, 0.1) is 6.92 Å². The number of nitrogens with zero attached hydrogens (tertiary/aromatic N) is 2. The Bertz CT molecular complexity index is 438. The molecule has 2 rings (SSSR count). The lowest BCUT2D eigenvalue weighted by Gasteiger charge is -2.35. The SMILES string of the molecule is CCc1nc(NN)c(C)c(NC2(C)CCCCC2)n1. The van der Waals surface area contributed by atoms with Gasteiger partial charge in [-0.15, -0.1) is 0 Å². The van der Waals surface area contributed by atoms with Crippen molar-refractivity contribution in [1.82, 2.24) is 9.97 Å². The Kier molecular flexibility index (Phi) is 4.24. The molecule has 4 N–H and O–H groups in total. The Balaban J connectivity index is 2.27. The molecule has 0 atom stereocenters. The van der Waals surface area contributed by atoms with Crippen molar-refractivity contribution in [2.75, 3.05) is 10.7 Å². The van der Waals surface area contributed by atoms with Crippen LogP contribution in [0.3, 0.4) is 0 Å². The summed E-state index contributed by atoms with van der Waals surface area (Å²) in [4.78, 5) is 9.02. The second-order valence-corrected chi connectivity index (χ2v) is 5.71. The van der Waals surface area contributed by atoms with Crippen molar-refractivity contribution in [3.8, 4) is 0 Å². The van der Waals surface area contributed by atoms with Crippen molar-refractivity contribution in [3.05, 3.63) is 11.4 Å². The van der Waals surface area contributed by atoms with E-state index in [0.29, 0.717) is 5.82 Å². The number of aromatic nitrogens is 2. The molecule has 1 aliphatic carbocycles. The van der Waals surface area contributed by atoms with Gasteiger partial charge in [0.25, 0.3) is 0 Å². The average Bonchev–Trinajstić information content (AvgIpc) is 2.41. The van der Waals surface area contributed by atoms with Gasteiger partial charge in [-0.1, -0.05) is 26.2 Å². The van der Waals surface area contributed by atoms with E-state index >= 15 is 0 Å². The molecule has 0 spiro atoms. The molecule has 0 unspecified atom stereocenters. The van der Waals surface area contributed by atoms with Gasteiger partial charge in [0.2, 0.25) is 0 Å². The summed E-state index contributed by atoms with van der Waals surface area (Å²) in [6.07, 6.45) is 7.12. The van der Waals surface area contributed by atoms with Crippen LogP contribution in [0.25, 0.3) is 0 Å². The highest BCUT2D eigenvalue weighted by molar-refractivity contribution is 5.57. The molecule has 1 aromatic heterocycles. The fourth-order valence-corrected chi connectivity index (χ4v) is 2.73. The molecule has 0 aromatic carbocycles. The molecule has 0 saturated heterocycles. The van der Waals surface area contributed by atoms with E-state index in [1.807, 2.05) is 6.92 Å². The molecule has 1 saturated carbocycles. The average molecular weight is 263 g/mol. The fourth-order valence-electron chi connectivity index (χ4n) is 2.73. The van der Waals surface area contributed by atoms with Gasteiger partial charge in [-0.05, 0) is 26.7 Å². The zero-order valence-electron chi connectivity index (χ0n) is 12.2. The van der Waals surface area contributed by atoms with Crippen LogP contribution in [0.2, 0.25) is 0 Å². The molecule has 0 bridgehead atoms. The van der Waals surface area contributed by atoms with E-state index in [0.717, 1.165) is 23.6 Å². The van der Waals surface area contributed by atoms with Gasteiger partial charge >= 0.3 is 0 Å². The zero-order valence-corrected chi connectivity index (χ0v) is 12.2. The molecule has 0 amide bonds. The number of hydrogen-bond donors (Lipinski definition) is 3. The Hall–Kier alpha value is -1.36. The van der Waals surface area contributed by atoms with Gasteiger partial charge in [0, 0.05) is 17.5 Å². The second kappa shape index (κ2) is 5.74. The lowest BCUT2D eigenvalue weighted by molar-refractivity contribution is 0.348. The second-order valence-electron chi connectivity index (χ2n) is 5.71. The van der Waals surface area contributed by atoms with Crippen LogP contribution in [0.5, 0.6) is 0 Å². The lowest BCUT2D eigenvalue weighted by atomic mass is 9.83. The third kappa shape index (κ3) is 3.15. The van der Waals surface area contributed by atoms with E-state index in [9.17, 15) is 0 Å². The van der Waals surface area contributed by atoms with E-state index in [1.54, 1.807) is 0 Å².